The molecule has 0 bridgehead atoms. The summed E-state index contributed by atoms with van der Waals surface area (Å²) in [6, 6.07) is 15.9. The lowest BCUT2D eigenvalue weighted by Gasteiger charge is -2.21. The molecule has 0 saturated carbocycles. The molecule has 1 amide bonds. The number of hydrogen-bond acceptors (Lipinski definition) is 8. The van der Waals surface area contributed by atoms with Gasteiger partial charge in [0.25, 0.3) is 0 Å². The molecule has 0 aliphatic carbocycles. The van der Waals surface area contributed by atoms with Gasteiger partial charge in [-0.15, -0.1) is 18.3 Å². The number of amidine groups is 1. The molecule has 1 saturated heterocycles. The van der Waals surface area contributed by atoms with Gasteiger partial charge < -0.3 is 9.47 Å². The van der Waals surface area contributed by atoms with E-state index in [9.17, 15) is 31.1 Å². The number of carbonyl (C=O) groups excluding carboxylic acids is 1. The van der Waals surface area contributed by atoms with Gasteiger partial charge >= 0.3 is 12.5 Å². The molecule has 246 valence electrons. The zero-order valence-electron chi connectivity index (χ0n) is 23.4. The third kappa shape index (κ3) is 9.34. The molecule has 19 heteroatoms. The minimum atomic E-state index is -4.79. The van der Waals surface area contributed by atoms with E-state index in [2.05, 4.69) is 25.3 Å². The Bertz CT molecular complexity index is 1790. The molecule has 0 spiro atoms. The molecule has 1 aromatic heterocycles. The highest BCUT2D eigenvalue weighted by atomic mass is 35.5. The molecule has 10 nitrogen and oxygen atoms in total. The monoisotopic (exact) mass is 716 g/mol. The minimum absolute atomic E-state index is 0.0212. The molecule has 1 aliphatic heterocycles. The van der Waals surface area contributed by atoms with Gasteiger partial charge in [0, 0.05) is 10.6 Å². The summed E-state index contributed by atoms with van der Waals surface area (Å²) in [7, 11) is 0. The SMILES string of the molecule is O=C1CSC(=NC(=S)NOCc2ccc(-c3ncn(-c4ccc(OC(F)(F)F)cc4)n3)cc2)N1c1cc(Cl)ccc1OCC(F)(F)F. The second kappa shape index (κ2) is 14.2. The lowest BCUT2D eigenvalue weighted by atomic mass is 10.1. The second-order valence-electron chi connectivity index (χ2n) is 9.38. The Morgan fingerprint density at radius 1 is 1.04 bits per heavy atom. The zero-order valence-corrected chi connectivity index (χ0v) is 25.8. The van der Waals surface area contributed by atoms with Crippen LogP contribution in [-0.2, 0) is 16.2 Å². The van der Waals surface area contributed by atoms with E-state index in [4.69, 9.17) is 33.4 Å². The smallest absolute Gasteiger partial charge is 0.482 e. The largest absolute Gasteiger partial charge is 0.573 e. The number of benzene rings is 3. The molecule has 3 aromatic carbocycles. The number of rotatable bonds is 9. The summed E-state index contributed by atoms with van der Waals surface area (Å²) in [5.74, 6) is -0.728. The van der Waals surface area contributed by atoms with Gasteiger partial charge in [-0.3, -0.25) is 14.5 Å². The Kier molecular flexibility index (Phi) is 10.2. The van der Waals surface area contributed by atoms with Crippen molar-refractivity contribution in [3.63, 3.8) is 0 Å². The summed E-state index contributed by atoms with van der Waals surface area (Å²) in [4.78, 5) is 27.6. The maximum Gasteiger partial charge on any atom is 0.573 e. The summed E-state index contributed by atoms with van der Waals surface area (Å²) in [5.41, 5.74) is 4.31. The molecule has 47 heavy (non-hydrogen) atoms. The van der Waals surface area contributed by atoms with Crippen LogP contribution in [0.5, 0.6) is 11.5 Å². The van der Waals surface area contributed by atoms with Gasteiger partial charge in [-0.2, -0.15) is 18.2 Å². The number of carbonyl (C=O) groups is 1. The first kappa shape index (κ1) is 34.0. The van der Waals surface area contributed by atoms with Crippen molar-refractivity contribution in [1.29, 1.82) is 0 Å². The van der Waals surface area contributed by atoms with Crippen LogP contribution in [0, 0.1) is 0 Å². The topological polar surface area (TPSA) is 103 Å². The third-order valence-corrected chi connectivity index (χ3v) is 7.29. The minimum Gasteiger partial charge on any atom is -0.482 e. The lowest BCUT2D eigenvalue weighted by molar-refractivity contribution is -0.274. The number of ether oxygens (including phenoxy) is 2. The normalized spacial score (nSPS) is 14.5. The third-order valence-electron chi connectivity index (χ3n) is 5.95. The van der Waals surface area contributed by atoms with Crippen molar-refractivity contribution in [2.24, 2.45) is 4.99 Å². The maximum atomic E-state index is 12.8. The van der Waals surface area contributed by atoms with Crippen LogP contribution >= 0.6 is 35.6 Å². The number of anilines is 1. The summed E-state index contributed by atoms with van der Waals surface area (Å²) in [6.07, 6.45) is -7.98. The Hall–Kier alpha value is -4.39. The molecule has 0 unspecified atom stereocenters. The fraction of sp³-hybridized carbons (Fsp3) is 0.179. The van der Waals surface area contributed by atoms with E-state index in [0.717, 1.165) is 16.7 Å². The van der Waals surface area contributed by atoms with Crippen LogP contribution in [-0.4, -0.2) is 55.9 Å². The van der Waals surface area contributed by atoms with E-state index in [1.165, 1.54) is 53.5 Å². The second-order valence-corrected chi connectivity index (χ2v) is 11.1. The van der Waals surface area contributed by atoms with E-state index in [1.54, 1.807) is 24.3 Å². The molecule has 2 heterocycles. The van der Waals surface area contributed by atoms with Gasteiger partial charge in [-0.05, 0) is 60.2 Å². The summed E-state index contributed by atoms with van der Waals surface area (Å²) in [6.45, 7) is -1.53. The number of thiocarbonyl (C=S) groups is 1. The van der Waals surface area contributed by atoms with Gasteiger partial charge in [-0.1, -0.05) is 47.6 Å². The average molecular weight is 717 g/mol. The van der Waals surface area contributed by atoms with Crippen LogP contribution in [0.3, 0.4) is 0 Å². The van der Waals surface area contributed by atoms with Gasteiger partial charge in [0.05, 0.1) is 23.7 Å². The number of hydrogen-bond donors (Lipinski definition) is 1. The number of alkyl halides is 6. The fourth-order valence-electron chi connectivity index (χ4n) is 3.99. The number of aromatic nitrogens is 3. The van der Waals surface area contributed by atoms with Gasteiger partial charge in [0.1, 0.15) is 17.8 Å². The molecule has 1 fully saturated rings. The van der Waals surface area contributed by atoms with Crippen molar-refractivity contribution in [3.05, 3.63) is 83.6 Å². The molecule has 1 aliphatic rings. The van der Waals surface area contributed by atoms with Crippen LogP contribution in [0.2, 0.25) is 5.02 Å². The van der Waals surface area contributed by atoms with Gasteiger partial charge in [0.2, 0.25) is 11.0 Å². The summed E-state index contributed by atoms with van der Waals surface area (Å²) >= 11 is 12.3. The molecular weight excluding hydrogens is 698 g/mol. The van der Waals surface area contributed by atoms with E-state index in [0.29, 0.717) is 22.6 Å². The zero-order chi connectivity index (χ0) is 33.8. The van der Waals surface area contributed by atoms with E-state index < -0.39 is 25.1 Å². The van der Waals surface area contributed by atoms with Gasteiger partial charge in [-0.25, -0.2) is 15.1 Å². The lowest BCUT2D eigenvalue weighted by Crippen LogP contribution is -2.32. The van der Waals surface area contributed by atoms with Crippen LogP contribution < -0.4 is 19.9 Å². The predicted octanol–water partition coefficient (Wildman–Crippen LogP) is 6.87. The highest BCUT2D eigenvalue weighted by Crippen LogP contribution is 2.37. The summed E-state index contributed by atoms with van der Waals surface area (Å²) < 4.78 is 85.6. The molecule has 5 rings (SSSR count). The Morgan fingerprint density at radius 3 is 2.45 bits per heavy atom. The molecule has 4 aromatic rings. The van der Waals surface area contributed by atoms with Crippen LogP contribution in [0.1, 0.15) is 5.56 Å². The number of halogens is 7. The number of nitrogens with zero attached hydrogens (tertiary/aromatic N) is 5. The number of aliphatic imine (C=N–C) groups is 1. The first-order chi connectivity index (χ1) is 22.2. The van der Waals surface area contributed by atoms with Gasteiger partial charge in [0.15, 0.2) is 17.6 Å². The fourth-order valence-corrected chi connectivity index (χ4v) is 5.23. The first-order valence-corrected chi connectivity index (χ1v) is 14.8. The van der Waals surface area contributed by atoms with Crippen molar-refractivity contribution in [2.75, 3.05) is 17.3 Å². The van der Waals surface area contributed by atoms with E-state index in [-0.39, 0.29) is 44.8 Å². The molecule has 0 radical (unpaired) electrons. The van der Waals surface area contributed by atoms with E-state index >= 15 is 0 Å². The molecule has 0 atom stereocenters. The van der Waals surface area contributed by atoms with Crippen molar-refractivity contribution < 1.29 is 45.4 Å². The van der Waals surface area contributed by atoms with Crippen LogP contribution in [0.4, 0.5) is 32.0 Å². The Balaban J connectivity index is 1.17. The predicted molar refractivity (Wildman–Crippen MR) is 164 cm³/mol. The highest BCUT2D eigenvalue weighted by molar-refractivity contribution is 8.15. The molecular formula is C28H19ClF6N6O4S2. The number of hydroxylamine groups is 1. The summed E-state index contributed by atoms with van der Waals surface area (Å²) in [5, 5.41) is 4.44. The Labute approximate surface area is 276 Å². The standard InChI is InChI=1S/C28H19ClF6N6O4S2/c29-18-5-10-22(43-14-27(30,31)32)21(11-18)41-23(42)13-47-26(41)37-25(46)39-44-12-16-1-3-17(4-2-16)24-36-15-40(38-24)19-6-8-20(9-7-19)45-28(33,34)35/h1-11,15H,12-14H2,(H,39,46). The average Bonchev–Trinajstić information content (AvgIpc) is 3.63. The van der Waals surface area contributed by atoms with Crippen molar-refractivity contribution >= 4 is 57.5 Å². The maximum absolute atomic E-state index is 12.8. The number of thioether (sulfide) groups is 1. The molecule has 1 N–H and O–H groups in total. The van der Waals surface area contributed by atoms with Crippen LogP contribution in [0.25, 0.3) is 17.1 Å². The first-order valence-electron chi connectivity index (χ1n) is 13.1. The number of amides is 1. The van der Waals surface area contributed by atoms with Crippen molar-refractivity contribution in [1.82, 2.24) is 20.2 Å². The van der Waals surface area contributed by atoms with E-state index in [1.807, 2.05) is 0 Å². The Morgan fingerprint density at radius 2 is 1.77 bits per heavy atom. The highest BCUT2D eigenvalue weighted by Gasteiger charge is 2.34. The van der Waals surface area contributed by atoms with Crippen molar-refractivity contribution in [2.45, 2.75) is 19.1 Å². The van der Waals surface area contributed by atoms with Crippen LogP contribution in [0.15, 0.2) is 78.0 Å². The number of nitrogens with one attached hydrogen (secondary N) is 1. The van der Waals surface area contributed by atoms with Crippen molar-refractivity contribution in [3.8, 4) is 28.6 Å². The quantitative estimate of drug-likeness (QED) is 0.113.